The largest absolute Gasteiger partial charge is 0.511 e. The van der Waals surface area contributed by atoms with Gasteiger partial charge in [-0.2, -0.15) is 0 Å². The fraction of sp³-hybridized carbons (Fsp3) is 0.812. The van der Waals surface area contributed by atoms with Crippen LogP contribution in [0.2, 0.25) is 0 Å². The molecule has 0 saturated heterocycles. The van der Waals surface area contributed by atoms with Crippen LogP contribution in [0.3, 0.4) is 0 Å². The lowest BCUT2D eigenvalue weighted by Crippen LogP contribution is -2.37. The molecule has 0 rings (SSSR count). The Kier molecular flexibility index (Phi) is 24.7. The third-order valence-corrected chi connectivity index (χ3v) is 7.43. The quantitative estimate of drug-likeness (QED) is 0.0454. The normalized spacial score (nSPS) is 12.3. The molecular formula is C32H58N2O7. The minimum Gasteiger partial charge on any atom is -0.511 e. The molecule has 0 heterocycles. The van der Waals surface area contributed by atoms with Crippen LogP contribution >= 0.6 is 0 Å². The molecule has 41 heavy (non-hydrogen) atoms. The standard InChI is InChI=1S/C32H58N2O7/c1-26(32(40)41-3)20-18-19-25-33-29(36)24-23-28(27(2)35)34-30(37)21-16-14-12-10-8-6-4-5-7-9-11-13-15-17-22-31(38)39/h26,28,35H,2,4-25H2,1,3H3,(H,33,36)(H,34,37)(H,38,39)/t26-,28?/m1/s1. The van der Waals surface area contributed by atoms with Gasteiger partial charge in [-0.1, -0.05) is 97.0 Å². The first kappa shape index (κ1) is 38.4. The number of carbonyl (C=O) groups excluding carboxylic acids is 3. The van der Waals surface area contributed by atoms with E-state index in [1.807, 2.05) is 6.92 Å². The van der Waals surface area contributed by atoms with Gasteiger partial charge in [-0.15, -0.1) is 0 Å². The van der Waals surface area contributed by atoms with E-state index in [1.165, 1.54) is 58.5 Å². The summed E-state index contributed by atoms with van der Waals surface area (Å²) in [6.45, 7) is 5.89. The van der Waals surface area contributed by atoms with E-state index >= 15 is 0 Å². The molecule has 238 valence electrons. The molecule has 0 aliphatic carbocycles. The van der Waals surface area contributed by atoms with E-state index in [1.54, 1.807) is 0 Å². The van der Waals surface area contributed by atoms with Gasteiger partial charge < -0.3 is 25.6 Å². The molecule has 0 aliphatic heterocycles. The molecular weight excluding hydrogens is 524 g/mol. The smallest absolute Gasteiger partial charge is 0.308 e. The Morgan fingerprint density at radius 1 is 0.659 bits per heavy atom. The number of esters is 1. The third kappa shape index (κ3) is 24.9. The molecule has 0 aromatic rings. The summed E-state index contributed by atoms with van der Waals surface area (Å²) in [5.41, 5.74) is 0. The average molecular weight is 583 g/mol. The van der Waals surface area contributed by atoms with Gasteiger partial charge in [0.25, 0.3) is 0 Å². The number of aliphatic carboxylic acids is 1. The summed E-state index contributed by atoms with van der Waals surface area (Å²) in [5, 5.41) is 24.1. The summed E-state index contributed by atoms with van der Waals surface area (Å²) in [6, 6.07) is -0.633. The molecule has 1 unspecified atom stereocenters. The van der Waals surface area contributed by atoms with Gasteiger partial charge >= 0.3 is 11.9 Å². The van der Waals surface area contributed by atoms with Crippen LogP contribution in [0.5, 0.6) is 0 Å². The summed E-state index contributed by atoms with van der Waals surface area (Å²) in [6.07, 6.45) is 19.2. The SMILES string of the molecule is C=C(O)C(CCC(=O)NCCCC[C@@H](C)C(=O)OC)NC(=O)CCCCCCCCCCCCCCCCC(=O)O. The summed E-state index contributed by atoms with van der Waals surface area (Å²) in [7, 11) is 1.38. The topological polar surface area (TPSA) is 142 Å². The second-order valence-electron chi connectivity index (χ2n) is 11.3. The summed E-state index contributed by atoms with van der Waals surface area (Å²) >= 11 is 0. The number of hydrogen-bond donors (Lipinski definition) is 4. The van der Waals surface area contributed by atoms with Crippen molar-refractivity contribution in [2.45, 2.75) is 148 Å². The first-order valence-electron chi connectivity index (χ1n) is 15.9. The first-order chi connectivity index (χ1) is 19.7. The van der Waals surface area contributed by atoms with Crippen LogP contribution in [-0.2, 0) is 23.9 Å². The molecule has 0 aromatic heterocycles. The Labute approximate surface area is 248 Å². The highest BCUT2D eigenvalue weighted by molar-refractivity contribution is 5.77. The molecule has 2 atom stereocenters. The number of carboxylic acids is 1. The predicted octanol–water partition coefficient (Wildman–Crippen LogP) is 6.74. The van der Waals surface area contributed by atoms with Gasteiger partial charge in [0.15, 0.2) is 0 Å². The lowest BCUT2D eigenvalue weighted by atomic mass is 10.0. The third-order valence-electron chi connectivity index (χ3n) is 7.43. The van der Waals surface area contributed by atoms with Crippen LogP contribution in [0.25, 0.3) is 0 Å². The van der Waals surface area contributed by atoms with Crippen molar-refractivity contribution < 1.29 is 34.1 Å². The Balaban J connectivity index is 3.72. The first-order valence-corrected chi connectivity index (χ1v) is 15.9. The maximum absolute atomic E-state index is 12.3. The van der Waals surface area contributed by atoms with Gasteiger partial charge in [-0.25, -0.2) is 0 Å². The number of carboxylic acid groups (broad SMARTS) is 1. The van der Waals surface area contributed by atoms with Crippen molar-refractivity contribution in [2.24, 2.45) is 5.92 Å². The van der Waals surface area contributed by atoms with Gasteiger partial charge in [-0.3, -0.25) is 19.2 Å². The maximum atomic E-state index is 12.3. The average Bonchev–Trinajstić information content (AvgIpc) is 2.93. The summed E-state index contributed by atoms with van der Waals surface area (Å²) in [4.78, 5) is 46.3. The minimum absolute atomic E-state index is 0.132. The highest BCUT2D eigenvalue weighted by Gasteiger charge is 2.17. The van der Waals surface area contributed by atoms with Crippen LogP contribution in [-0.4, -0.2) is 53.7 Å². The van der Waals surface area contributed by atoms with E-state index in [0.29, 0.717) is 32.2 Å². The maximum Gasteiger partial charge on any atom is 0.308 e. The number of unbranched alkanes of at least 4 members (excludes halogenated alkanes) is 14. The molecule has 0 aliphatic rings. The van der Waals surface area contributed by atoms with E-state index in [-0.39, 0.29) is 35.9 Å². The molecule has 9 nitrogen and oxygen atoms in total. The highest BCUT2D eigenvalue weighted by Crippen LogP contribution is 2.14. The number of aliphatic hydroxyl groups excluding tert-OH is 1. The van der Waals surface area contributed by atoms with E-state index in [9.17, 15) is 24.3 Å². The predicted molar refractivity (Wildman–Crippen MR) is 162 cm³/mol. The van der Waals surface area contributed by atoms with Gasteiger partial charge in [0.05, 0.1) is 19.1 Å². The highest BCUT2D eigenvalue weighted by atomic mass is 16.5. The van der Waals surface area contributed by atoms with E-state index in [4.69, 9.17) is 9.84 Å². The van der Waals surface area contributed by atoms with Crippen molar-refractivity contribution >= 4 is 23.8 Å². The fourth-order valence-corrected chi connectivity index (χ4v) is 4.76. The molecule has 0 spiro atoms. The zero-order valence-electron chi connectivity index (χ0n) is 25.9. The van der Waals surface area contributed by atoms with E-state index in [2.05, 4.69) is 17.2 Å². The molecule has 4 N–H and O–H groups in total. The molecule has 2 amide bonds. The van der Waals surface area contributed by atoms with Gasteiger partial charge in [-0.05, 0) is 32.1 Å². The number of amides is 2. The molecule has 0 fully saturated rings. The van der Waals surface area contributed by atoms with Crippen molar-refractivity contribution in [2.75, 3.05) is 13.7 Å². The lowest BCUT2D eigenvalue weighted by molar-refractivity contribution is -0.145. The second-order valence-corrected chi connectivity index (χ2v) is 11.3. The zero-order valence-corrected chi connectivity index (χ0v) is 25.9. The van der Waals surface area contributed by atoms with Gasteiger partial charge in [0.1, 0.15) is 5.76 Å². The van der Waals surface area contributed by atoms with Crippen molar-refractivity contribution in [3.63, 3.8) is 0 Å². The molecule has 0 aromatic carbocycles. The number of hydrogen-bond acceptors (Lipinski definition) is 6. The van der Waals surface area contributed by atoms with Crippen molar-refractivity contribution in [1.29, 1.82) is 0 Å². The van der Waals surface area contributed by atoms with Crippen molar-refractivity contribution in [1.82, 2.24) is 10.6 Å². The van der Waals surface area contributed by atoms with E-state index < -0.39 is 12.0 Å². The summed E-state index contributed by atoms with van der Waals surface area (Å²) < 4.78 is 4.70. The fourth-order valence-electron chi connectivity index (χ4n) is 4.76. The lowest BCUT2D eigenvalue weighted by Gasteiger charge is -2.17. The molecule has 0 saturated carbocycles. The van der Waals surface area contributed by atoms with E-state index in [0.717, 1.165) is 51.4 Å². The van der Waals surface area contributed by atoms with Gasteiger partial charge in [0.2, 0.25) is 11.8 Å². The molecule has 0 radical (unpaired) electrons. The van der Waals surface area contributed by atoms with Crippen molar-refractivity contribution in [3.8, 4) is 0 Å². The zero-order chi connectivity index (χ0) is 30.7. The van der Waals surface area contributed by atoms with Crippen LogP contribution < -0.4 is 10.6 Å². The Hall–Kier alpha value is -2.58. The van der Waals surface area contributed by atoms with Crippen LogP contribution in [0.4, 0.5) is 0 Å². The number of nitrogens with one attached hydrogen (secondary N) is 2. The monoisotopic (exact) mass is 582 g/mol. The van der Waals surface area contributed by atoms with Crippen molar-refractivity contribution in [3.05, 3.63) is 12.3 Å². The van der Waals surface area contributed by atoms with Crippen LogP contribution in [0, 0.1) is 5.92 Å². The Morgan fingerprint density at radius 2 is 1.15 bits per heavy atom. The number of ether oxygens (including phenoxy) is 1. The van der Waals surface area contributed by atoms with Crippen LogP contribution in [0.1, 0.15) is 142 Å². The Morgan fingerprint density at radius 3 is 1.61 bits per heavy atom. The second kappa shape index (κ2) is 26.3. The number of methoxy groups -OCH3 is 1. The Bertz CT molecular complexity index is 742. The van der Waals surface area contributed by atoms with Gasteiger partial charge in [0, 0.05) is 25.8 Å². The molecule has 9 heteroatoms. The number of carbonyl (C=O) groups is 4. The van der Waals surface area contributed by atoms with Crippen LogP contribution in [0.15, 0.2) is 12.3 Å². The minimum atomic E-state index is -0.697. The number of rotatable bonds is 28. The number of aliphatic hydroxyl groups is 1. The summed E-state index contributed by atoms with van der Waals surface area (Å²) in [5.74, 6) is -1.48. The molecule has 0 bridgehead atoms.